The van der Waals surface area contributed by atoms with Gasteiger partial charge >= 0.3 is 11.9 Å². The Labute approximate surface area is 631 Å². The monoisotopic (exact) mass is 1480 g/mol. The van der Waals surface area contributed by atoms with Gasteiger partial charge in [0.1, 0.15) is 72.9 Å². The zero-order valence-corrected chi connectivity index (χ0v) is 61.5. The van der Waals surface area contributed by atoms with E-state index in [-0.39, 0.29) is 78.1 Å². The molecule has 21 heteroatoms. The highest BCUT2D eigenvalue weighted by Gasteiger charge is 2.59. The van der Waals surface area contributed by atoms with Crippen molar-refractivity contribution in [3.05, 3.63) is 287 Å². The number of ether oxygens (including phenoxy) is 17. The van der Waals surface area contributed by atoms with Gasteiger partial charge in [-0.2, -0.15) is 0 Å². The summed E-state index contributed by atoms with van der Waals surface area (Å²) in [5.74, 6) is -1.81. The largest absolute Gasteiger partial charge is 0.454 e. The number of hydrogen-bond acceptors (Lipinski definition) is 21. The molecule has 20 atom stereocenters. The van der Waals surface area contributed by atoms with Crippen LogP contribution < -0.4 is 0 Å². The minimum absolute atomic E-state index is 0.0115. The predicted molar refractivity (Wildman–Crippen MR) is 395 cm³/mol. The summed E-state index contributed by atoms with van der Waals surface area (Å²) >= 11 is 0. The SMILES string of the molecule is CC(=O)CCC(=O)O[C@H]1[C@H](O[C@H]2[C@H](O[C@@H]3[C@@H](OCc4ccccc4)[C@H](C)O[C@@H](O)[C@@H]3OC(C)=O)O[C@@H](C)[C@H](OCc3ccccc3)[C@H]2OCc2ccccc2)O[C@@H](C)[C@H](OCc2ccccc2)[C@H]1O[C@H]1O[C@H](COCc2ccccc2)[C@@H](OCc2ccccc2)[C@H](OCc2ccccc2)[C@H]1OCc1ccccc1. The van der Waals surface area contributed by atoms with E-state index in [1.54, 1.807) is 13.8 Å². The fourth-order valence-corrected chi connectivity index (χ4v) is 13.8. The van der Waals surface area contributed by atoms with Gasteiger partial charge in [-0.3, -0.25) is 9.59 Å². The Morgan fingerprint density at radius 2 is 0.602 bits per heavy atom. The summed E-state index contributed by atoms with van der Waals surface area (Å²) in [6.07, 6.45) is -25.2. The highest BCUT2D eigenvalue weighted by atomic mass is 16.8. The number of esters is 2. The van der Waals surface area contributed by atoms with E-state index >= 15 is 4.79 Å². The molecule has 4 heterocycles. The molecule has 4 saturated heterocycles. The molecular weight excluding hydrogens is 1380 g/mol. The van der Waals surface area contributed by atoms with E-state index < -0.39 is 135 Å². The Hall–Kier alpha value is -8.27. The van der Waals surface area contributed by atoms with Crippen molar-refractivity contribution in [3.8, 4) is 0 Å². The van der Waals surface area contributed by atoms with Crippen molar-refractivity contribution in [1.29, 1.82) is 0 Å². The summed E-state index contributed by atoms with van der Waals surface area (Å²) < 4.78 is 119. The average molecular weight is 1480 g/mol. The van der Waals surface area contributed by atoms with Crippen LogP contribution in [0.4, 0.5) is 0 Å². The molecule has 12 rings (SSSR count). The lowest BCUT2D eigenvalue weighted by molar-refractivity contribution is -0.402. The molecule has 4 aliphatic heterocycles. The van der Waals surface area contributed by atoms with Crippen LogP contribution in [0.15, 0.2) is 243 Å². The molecule has 1 N–H and O–H groups in total. The number of benzene rings is 8. The van der Waals surface area contributed by atoms with Gasteiger partial charge in [0.05, 0.1) is 84.2 Å². The molecule has 0 unspecified atom stereocenters. The van der Waals surface area contributed by atoms with Crippen molar-refractivity contribution in [2.45, 2.75) is 223 Å². The van der Waals surface area contributed by atoms with Crippen LogP contribution in [0.1, 0.15) is 92.0 Å². The molecule has 21 nitrogen and oxygen atoms in total. The maximum Gasteiger partial charge on any atom is 0.306 e. The van der Waals surface area contributed by atoms with E-state index in [4.69, 9.17) is 80.5 Å². The van der Waals surface area contributed by atoms with E-state index in [1.807, 2.05) is 250 Å². The minimum atomic E-state index is -1.71. The van der Waals surface area contributed by atoms with E-state index in [9.17, 15) is 14.7 Å². The molecular formula is C87H98O21. The second kappa shape index (κ2) is 40.4. The van der Waals surface area contributed by atoms with Crippen molar-refractivity contribution in [2.24, 2.45) is 0 Å². The number of aliphatic hydroxyl groups excluding tert-OH is 1. The number of aliphatic hydroxyl groups is 1. The standard InChI is InChI=1S/C87H98O21/c1-57(88)46-47-71(90)105-83-79(107-85-81(99-55-69-44-28-13-29-45-69)77(98-54-68-42-26-12-27-43-68)75(96-52-66-38-22-10-23-39-66)70(104-85)56-92-48-62-30-14-6-15-31-62)74(95-51-65-36-20-9-21-37-65)60(4)102-87(83)108-82-76(97-53-67-40-24-11-25-41-67)72(93-49-63-32-16-7-17-33-63)59(3)101-86(82)106-78-73(94-50-64-34-18-8-19-35-64)58(2)100-84(91)80(78)103-61(5)89/h6-45,58-60,70,72-87,91H,46-56H2,1-5H3/t58-,59-,60-,70+,72-,73-,74-,75+,76+,77-,78+,79+,80+,81+,82+,83+,84+,85+,86-,87-/m0/s1. The number of carbonyl (C=O) groups excluding carboxylic acids is 3. The smallest absolute Gasteiger partial charge is 0.306 e. The van der Waals surface area contributed by atoms with Crippen LogP contribution in [0.5, 0.6) is 0 Å². The van der Waals surface area contributed by atoms with Crippen LogP contribution in [0.25, 0.3) is 0 Å². The number of Topliss-reactive ketones (excluding diaryl/α,β-unsaturated/α-hetero) is 1. The maximum atomic E-state index is 15.0. The molecule has 0 amide bonds. The topological polar surface area (TPSA) is 228 Å². The van der Waals surface area contributed by atoms with Crippen LogP contribution in [0, 0.1) is 0 Å². The summed E-state index contributed by atoms with van der Waals surface area (Å²) in [5.41, 5.74) is 6.78. The number of rotatable bonds is 36. The van der Waals surface area contributed by atoms with E-state index in [2.05, 4.69) is 0 Å². The molecule has 0 aromatic heterocycles. The molecule has 8 aromatic carbocycles. The van der Waals surface area contributed by atoms with Crippen LogP contribution in [0.3, 0.4) is 0 Å². The minimum Gasteiger partial charge on any atom is -0.454 e. The second-order valence-electron chi connectivity index (χ2n) is 27.6. The number of hydrogen-bond donors (Lipinski definition) is 1. The maximum absolute atomic E-state index is 15.0. The van der Waals surface area contributed by atoms with Gasteiger partial charge in [-0.1, -0.05) is 243 Å². The molecule has 4 fully saturated rings. The molecule has 0 saturated carbocycles. The van der Waals surface area contributed by atoms with Gasteiger partial charge in [-0.25, -0.2) is 0 Å². The molecule has 0 aliphatic carbocycles. The lowest BCUT2D eigenvalue weighted by Gasteiger charge is -2.52. The van der Waals surface area contributed by atoms with Gasteiger partial charge in [-0.05, 0) is 72.2 Å². The lowest BCUT2D eigenvalue weighted by Crippen LogP contribution is -2.68. The summed E-state index contributed by atoms with van der Waals surface area (Å²) in [7, 11) is 0. The van der Waals surface area contributed by atoms with Gasteiger partial charge in [0.2, 0.25) is 0 Å². The molecule has 108 heavy (non-hydrogen) atoms. The predicted octanol–water partition coefficient (Wildman–Crippen LogP) is 12.6. The third kappa shape index (κ3) is 22.5. The number of ketones is 1. The third-order valence-electron chi connectivity index (χ3n) is 19.3. The van der Waals surface area contributed by atoms with Crippen molar-refractivity contribution in [1.82, 2.24) is 0 Å². The van der Waals surface area contributed by atoms with Crippen molar-refractivity contribution >= 4 is 17.7 Å². The number of carbonyl (C=O) groups is 3. The highest BCUT2D eigenvalue weighted by Crippen LogP contribution is 2.41. The molecule has 8 aromatic rings. The highest BCUT2D eigenvalue weighted by molar-refractivity contribution is 5.81. The fraction of sp³-hybridized carbons (Fsp3) is 0.414. The first-order valence-electron chi connectivity index (χ1n) is 37.1. The van der Waals surface area contributed by atoms with E-state index in [0.29, 0.717) is 0 Å². The van der Waals surface area contributed by atoms with Gasteiger partial charge in [0.15, 0.2) is 37.4 Å². The third-order valence-corrected chi connectivity index (χ3v) is 19.3. The average Bonchev–Trinajstić information content (AvgIpc) is 0.746. The summed E-state index contributed by atoms with van der Waals surface area (Å²) in [5, 5.41) is 11.9. The lowest BCUT2D eigenvalue weighted by atomic mass is 9.95. The Morgan fingerprint density at radius 3 is 0.981 bits per heavy atom. The molecule has 0 radical (unpaired) electrons. The van der Waals surface area contributed by atoms with E-state index in [0.717, 1.165) is 44.5 Å². The first-order valence-corrected chi connectivity index (χ1v) is 37.1. The van der Waals surface area contributed by atoms with Crippen LogP contribution in [-0.4, -0.2) is 152 Å². The first kappa shape index (κ1) is 79.3. The van der Waals surface area contributed by atoms with Crippen LogP contribution in [-0.2, 0) is 148 Å². The normalized spacial score (nSPS) is 28.5. The second-order valence-corrected chi connectivity index (χ2v) is 27.6. The molecule has 572 valence electrons. The van der Waals surface area contributed by atoms with E-state index in [1.165, 1.54) is 13.8 Å². The van der Waals surface area contributed by atoms with Crippen LogP contribution in [0.2, 0.25) is 0 Å². The molecule has 4 aliphatic rings. The fourth-order valence-electron chi connectivity index (χ4n) is 13.8. The van der Waals surface area contributed by atoms with Gasteiger partial charge < -0.3 is 90.4 Å². The van der Waals surface area contributed by atoms with Gasteiger partial charge in [0.25, 0.3) is 0 Å². The molecule has 0 bridgehead atoms. The van der Waals surface area contributed by atoms with Crippen molar-refractivity contribution < 1.29 is 100 Å². The van der Waals surface area contributed by atoms with Gasteiger partial charge in [-0.15, -0.1) is 0 Å². The van der Waals surface area contributed by atoms with Crippen molar-refractivity contribution in [3.63, 3.8) is 0 Å². The van der Waals surface area contributed by atoms with Crippen molar-refractivity contribution in [2.75, 3.05) is 6.61 Å². The zero-order valence-electron chi connectivity index (χ0n) is 61.5. The summed E-state index contributed by atoms with van der Waals surface area (Å²) in [6, 6.07) is 77.3. The Bertz CT molecular complexity index is 3930. The Kier molecular flexibility index (Phi) is 29.7. The molecule has 0 spiro atoms. The summed E-state index contributed by atoms with van der Waals surface area (Å²) in [4.78, 5) is 41.2. The Morgan fingerprint density at radius 1 is 0.306 bits per heavy atom. The Balaban J connectivity index is 0.995. The quantitative estimate of drug-likeness (QED) is 0.0360. The zero-order chi connectivity index (χ0) is 75.0. The first-order chi connectivity index (χ1) is 52.8. The van der Waals surface area contributed by atoms with Crippen LogP contribution >= 0.6 is 0 Å². The van der Waals surface area contributed by atoms with Gasteiger partial charge in [0, 0.05) is 13.3 Å². The summed E-state index contributed by atoms with van der Waals surface area (Å²) in [6.45, 7) is 8.64.